The summed E-state index contributed by atoms with van der Waals surface area (Å²) in [6.45, 7) is 0.925. The quantitative estimate of drug-likeness (QED) is 0.398. The zero-order valence-electron chi connectivity index (χ0n) is 20.0. The fraction of sp³-hybridized carbons (Fsp3) is 0.533. The summed E-state index contributed by atoms with van der Waals surface area (Å²) in [5.74, 6) is 1.63. The maximum atomic E-state index is 12.9. The molecule has 1 saturated carbocycles. The average Bonchev–Trinajstić information content (AvgIpc) is 2.87. The molecule has 1 heterocycles. The monoisotopic (exact) mass is 445 g/mol. The molecular weight excluding hydrogens is 406 g/mol. The summed E-state index contributed by atoms with van der Waals surface area (Å²) >= 11 is 0. The van der Waals surface area contributed by atoms with Crippen LogP contribution >= 0.6 is 0 Å². The van der Waals surface area contributed by atoms with Crippen molar-refractivity contribution in [3.05, 3.63) is 71.8 Å². The number of carbonyl (C=O) groups excluding carboxylic acids is 2. The lowest BCUT2D eigenvalue weighted by molar-refractivity contribution is -0.137. The first-order valence-electron chi connectivity index (χ1n) is 13.1. The Bertz CT molecular complexity index is 837. The topological polar surface area (TPSA) is 37.4 Å². The minimum absolute atomic E-state index is 0.285. The van der Waals surface area contributed by atoms with E-state index in [1.165, 1.54) is 43.2 Å². The Morgan fingerprint density at radius 1 is 0.758 bits per heavy atom. The second kappa shape index (κ2) is 12.2. The highest BCUT2D eigenvalue weighted by atomic mass is 16.2. The van der Waals surface area contributed by atoms with Gasteiger partial charge in [0.15, 0.2) is 0 Å². The number of nitrogens with zero attached hydrogens (tertiary/aromatic N) is 1. The summed E-state index contributed by atoms with van der Waals surface area (Å²) in [6, 6.07) is 21.7. The van der Waals surface area contributed by atoms with Crippen LogP contribution in [0, 0.1) is 5.92 Å². The van der Waals surface area contributed by atoms with Crippen LogP contribution < -0.4 is 0 Å². The number of hydrogen-bond acceptors (Lipinski definition) is 2. The van der Waals surface area contributed by atoms with Crippen LogP contribution in [0.15, 0.2) is 60.7 Å². The summed E-state index contributed by atoms with van der Waals surface area (Å²) in [4.78, 5) is 27.6. The number of benzene rings is 2. The lowest BCUT2D eigenvalue weighted by Gasteiger charge is -2.44. The summed E-state index contributed by atoms with van der Waals surface area (Å²) < 4.78 is 0. The smallest absolute Gasteiger partial charge is 0.222 e. The SMILES string of the molecule is O=C(CCCC(=O)N1CCCC2CCCCC21)CCCC(c1ccccc1)c1ccccc1. The van der Waals surface area contributed by atoms with Crippen LogP contribution in [-0.2, 0) is 9.59 Å². The average molecular weight is 446 g/mol. The molecule has 3 nitrogen and oxygen atoms in total. The Balaban J connectivity index is 1.21. The van der Waals surface area contributed by atoms with Crippen molar-refractivity contribution in [2.45, 2.75) is 89.0 Å². The Morgan fingerprint density at radius 3 is 2.06 bits per heavy atom. The molecule has 2 aromatic carbocycles. The predicted molar refractivity (Wildman–Crippen MR) is 134 cm³/mol. The molecular formula is C30H39NO2. The predicted octanol–water partition coefficient (Wildman–Crippen LogP) is 6.91. The van der Waals surface area contributed by atoms with Gasteiger partial charge in [-0.3, -0.25) is 9.59 Å². The minimum atomic E-state index is 0.285. The van der Waals surface area contributed by atoms with Gasteiger partial charge in [0.1, 0.15) is 5.78 Å². The number of hydrogen-bond donors (Lipinski definition) is 0. The molecule has 1 saturated heterocycles. The molecule has 1 aliphatic carbocycles. The summed E-state index contributed by atoms with van der Waals surface area (Å²) in [7, 11) is 0. The van der Waals surface area contributed by atoms with Gasteiger partial charge in [0.2, 0.25) is 5.91 Å². The molecule has 3 heteroatoms. The number of piperidine rings is 1. The molecule has 2 atom stereocenters. The van der Waals surface area contributed by atoms with Crippen LogP contribution in [0.1, 0.15) is 94.1 Å². The Kier molecular flexibility index (Phi) is 8.74. The molecule has 0 radical (unpaired) electrons. The summed E-state index contributed by atoms with van der Waals surface area (Å²) in [6.07, 6.45) is 11.7. The lowest BCUT2D eigenvalue weighted by atomic mass is 9.78. The summed E-state index contributed by atoms with van der Waals surface area (Å²) in [5.41, 5.74) is 2.62. The molecule has 0 spiro atoms. The third-order valence-electron chi connectivity index (χ3n) is 7.76. The van der Waals surface area contributed by atoms with Gasteiger partial charge in [-0.2, -0.15) is 0 Å². The van der Waals surface area contributed by atoms with Gasteiger partial charge < -0.3 is 4.90 Å². The van der Waals surface area contributed by atoms with E-state index < -0.39 is 0 Å². The fourth-order valence-corrected chi connectivity index (χ4v) is 6.04. The third-order valence-corrected chi connectivity index (χ3v) is 7.76. The van der Waals surface area contributed by atoms with E-state index in [1.54, 1.807) is 0 Å². The van der Waals surface area contributed by atoms with Gasteiger partial charge in [-0.05, 0) is 62.0 Å². The molecule has 1 aliphatic heterocycles. The van der Waals surface area contributed by atoms with Crippen LogP contribution in [-0.4, -0.2) is 29.2 Å². The van der Waals surface area contributed by atoms with Gasteiger partial charge >= 0.3 is 0 Å². The number of ketones is 1. The molecule has 1 amide bonds. The first-order valence-corrected chi connectivity index (χ1v) is 13.1. The minimum Gasteiger partial charge on any atom is -0.339 e. The van der Waals surface area contributed by atoms with Gasteiger partial charge in [-0.25, -0.2) is 0 Å². The van der Waals surface area contributed by atoms with E-state index in [9.17, 15) is 9.59 Å². The summed E-state index contributed by atoms with van der Waals surface area (Å²) in [5, 5.41) is 0. The largest absolute Gasteiger partial charge is 0.339 e. The van der Waals surface area contributed by atoms with Crippen molar-refractivity contribution in [1.82, 2.24) is 4.90 Å². The number of carbonyl (C=O) groups is 2. The molecule has 2 aromatic rings. The lowest BCUT2D eigenvalue weighted by Crippen LogP contribution is -2.49. The van der Waals surface area contributed by atoms with E-state index in [2.05, 4.69) is 65.6 Å². The maximum Gasteiger partial charge on any atom is 0.222 e. The Hall–Kier alpha value is -2.42. The van der Waals surface area contributed by atoms with Crippen LogP contribution in [0.3, 0.4) is 0 Å². The Morgan fingerprint density at radius 2 is 1.36 bits per heavy atom. The number of likely N-dealkylation sites (tertiary alicyclic amines) is 1. The van der Waals surface area contributed by atoms with E-state index in [0.717, 1.165) is 31.7 Å². The number of fused-ring (bicyclic) bond motifs is 1. The molecule has 33 heavy (non-hydrogen) atoms. The Labute approximate surface area is 199 Å². The number of rotatable bonds is 10. The van der Waals surface area contributed by atoms with Crippen molar-refractivity contribution in [1.29, 1.82) is 0 Å². The molecule has 0 bridgehead atoms. The zero-order valence-corrected chi connectivity index (χ0v) is 20.0. The van der Waals surface area contributed by atoms with Crippen LogP contribution in [0.25, 0.3) is 0 Å². The highest BCUT2D eigenvalue weighted by Crippen LogP contribution is 2.35. The molecule has 0 N–H and O–H groups in total. The molecule has 2 unspecified atom stereocenters. The van der Waals surface area contributed by atoms with Crippen molar-refractivity contribution >= 4 is 11.7 Å². The van der Waals surface area contributed by atoms with Crippen molar-refractivity contribution in [2.24, 2.45) is 5.92 Å². The number of Topliss-reactive ketones (excluding diaryl/α,β-unsaturated/α-hetero) is 1. The second-order valence-corrected chi connectivity index (χ2v) is 10.00. The van der Waals surface area contributed by atoms with Crippen LogP contribution in [0.2, 0.25) is 0 Å². The van der Waals surface area contributed by atoms with Gasteiger partial charge in [-0.1, -0.05) is 73.5 Å². The van der Waals surface area contributed by atoms with Gasteiger partial charge in [-0.15, -0.1) is 0 Å². The molecule has 2 aliphatic rings. The van der Waals surface area contributed by atoms with Crippen molar-refractivity contribution in [3.63, 3.8) is 0 Å². The normalized spacial score (nSPS) is 20.5. The standard InChI is InChI=1S/C30H39NO2/c32-27(19-10-22-30(33)31-23-11-17-26-16-7-8-21-29(26)31)18-9-20-28(24-12-3-1-4-13-24)25-14-5-2-6-15-25/h1-6,12-15,26,28-29H,7-11,16-23H2. The molecule has 0 aromatic heterocycles. The van der Waals surface area contributed by atoms with E-state index in [-0.39, 0.29) is 5.91 Å². The molecule has 176 valence electrons. The van der Waals surface area contributed by atoms with Crippen LogP contribution in [0.4, 0.5) is 0 Å². The third kappa shape index (κ3) is 6.56. The fourth-order valence-electron chi connectivity index (χ4n) is 6.04. The van der Waals surface area contributed by atoms with E-state index >= 15 is 0 Å². The van der Waals surface area contributed by atoms with Gasteiger partial charge in [0.25, 0.3) is 0 Å². The maximum absolute atomic E-state index is 12.9. The number of amides is 1. The highest BCUT2D eigenvalue weighted by Gasteiger charge is 2.35. The van der Waals surface area contributed by atoms with Crippen molar-refractivity contribution in [3.8, 4) is 0 Å². The molecule has 2 fully saturated rings. The van der Waals surface area contributed by atoms with Crippen molar-refractivity contribution in [2.75, 3.05) is 6.54 Å². The van der Waals surface area contributed by atoms with Crippen molar-refractivity contribution < 1.29 is 9.59 Å². The second-order valence-electron chi connectivity index (χ2n) is 10.00. The van der Waals surface area contributed by atoms with Gasteiger partial charge in [0.05, 0.1) is 0 Å². The van der Waals surface area contributed by atoms with E-state index in [4.69, 9.17) is 0 Å². The zero-order chi connectivity index (χ0) is 22.9. The van der Waals surface area contributed by atoms with E-state index in [0.29, 0.717) is 43.4 Å². The van der Waals surface area contributed by atoms with Crippen LogP contribution in [0.5, 0.6) is 0 Å². The first kappa shape index (κ1) is 23.7. The highest BCUT2D eigenvalue weighted by molar-refractivity contribution is 5.80. The van der Waals surface area contributed by atoms with E-state index in [1.807, 2.05) is 0 Å². The molecule has 4 rings (SSSR count). The first-order chi connectivity index (χ1) is 16.2. The van der Waals surface area contributed by atoms with Gasteiger partial charge in [0, 0.05) is 37.8 Å².